The van der Waals surface area contributed by atoms with Gasteiger partial charge in [-0.2, -0.15) is 5.10 Å². The zero-order chi connectivity index (χ0) is 19.4. The third-order valence-electron chi connectivity index (χ3n) is 3.58. The van der Waals surface area contributed by atoms with Crippen molar-refractivity contribution in [2.45, 2.75) is 0 Å². The van der Waals surface area contributed by atoms with Gasteiger partial charge in [-0.1, -0.05) is 6.07 Å². The van der Waals surface area contributed by atoms with Crippen molar-refractivity contribution < 1.29 is 18.7 Å². The van der Waals surface area contributed by atoms with Gasteiger partial charge in [0.1, 0.15) is 11.6 Å². The fourth-order valence-electron chi connectivity index (χ4n) is 2.37. The first-order chi connectivity index (χ1) is 13.0. The molecule has 0 saturated carbocycles. The number of carbonyl (C=O) groups is 2. The van der Waals surface area contributed by atoms with Crippen LogP contribution in [0, 0.1) is 5.82 Å². The standard InChI is InChI=1S/C18H16FN5O3/c1-24-10-14(21-13-5-3-4-11(8-13)18(26)27-2)16(23-24)17(25)22-15-7-6-12(19)9-20-15/h3-10,21H,1-2H3,(H,20,22,25). The summed E-state index contributed by atoms with van der Waals surface area (Å²) in [4.78, 5) is 28.0. The number of nitrogens with one attached hydrogen (secondary N) is 2. The van der Waals surface area contributed by atoms with E-state index in [9.17, 15) is 14.0 Å². The molecule has 2 heterocycles. The maximum absolute atomic E-state index is 12.9. The van der Waals surface area contributed by atoms with Crippen molar-refractivity contribution in [2.75, 3.05) is 17.7 Å². The largest absolute Gasteiger partial charge is 0.465 e. The number of halogens is 1. The minimum atomic E-state index is -0.513. The second-order valence-electron chi connectivity index (χ2n) is 5.58. The van der Waals surface area contributed by atoms with Crippen LogP contribution in [0.25, 0.3) is 0 Å². The van der Waals surface area contributed by atoms with E-state index in [0.717, 1.165) is 6.20 Å². The lowest BCUT2D eigenvalue weighted by Crippen LogP contribution is -2.15. The van der Waals surface area contributed by atoms with Gasteiger partial charge >= 0.3 is 5.97 Å². The van der Waals surface area contributed by atoms with E-state index in [1.54, 1.807) is 37.5 Å². The Kier molecular flexibility index (Phi) is 5.11. The zero-order valence-corrected chi connectivity index (χ0v) is 14.6. The van der Waals surface area contributed by atoms with Crippen molar-refractivity contribution in [1.82, 2.24) is 14.8 Å². The first kappa shape index (κ1) is 18.1. The second-order valence-corrected chi connectivity index (χ2v) is 5.58. The van der Waals surface area contributed by atoms with E-state index in [1.807, 2.05) is 0 Å². The molecule has 9 heteroatoms. The summed E-state index contributed by atoms with van der Waals surface area (Å²) >= 11 is 0. The van der Waals surface area contributed by atoms with Gasteiger partial charge in [-0.05, 0) is 30.3 Å². The smallest absolute Gasteiger partial charge is 0.337 e. The zero-order valence-electron chi connectivity index (χ0n) is 14.6. The Bertz CT molecular complexity index is 985. The van der Waals surface area contributed by atoms with Gasteiger partial charge < -0.3 is 15.4 Å². The molecule has 0 bridgehead atoms. The lowest BCUT2D eigenvalue weighted by Gasteiger charge is -2.08. The predicted octanol–water partition coefficient (Wildman–Crippen LogP) is 2.74. The Balaban J connectivity index is 1.82. The van der Waals surface area contributed by atoms with Gasteiger partial charge in [-0.25, -0.2) is 14.2 Å². The number of aryl methyl sites for hydroxylation is 1. The van der Waals surface area contributed by atoms with Crippen LogP contribution in [0.5, 0.6) is 0 Å². The number of rotatable bonds is 5. The van der Waals surface area contributed by atoms with Crippen molar-refractivity contribution in [3.63, 3.8) is 0 Å². The van der Waals surface area contributed by atoms with Gasteiger partial charge in [-0.15, -0.1) is 0 Å². The molecule has 0 aliphatic heterocycles. The summed E-state index contributed by atoms with van der Waals surface area (Å²) in [6.07, 6.45) is 2.63. The molecule has 8 nitrogen and oxygen atoms in total. The van der Waals surface area contributed by atoms with E-state index in [0.29, 0.717) is 16.9 Å². The summed E-state index contributed by atoms with van der Waals surface area (Å²) in [5.74, 6) is -1.28. The quantitative estimate of drug-likeness (QED) is 0.671. The van der Waals surface area contributed by atoms with Gasteiger partial charge in [0.25, 0.3) is 5.91 Å². The van der Waals surface area contributed by atoms with E-state index in [2.05, 4.69) is 20.7 Å². The molecule has 2 N–H and O–H groups in total. The molecule has 0 fully saturated rings. The van der Waals surface area contributed by atoms with Crippen LogP contribution in [-0.2, 0) is 11.8 Å². The van der Waals surface area contributed by atoms with Gasteiger partial charge in [0.05, 0.1) is 24.6 Å². The SMILES string of the molecule is COC(=O)c1cccc(Nc2cn(C)nc2C(=O)Nc2ccc(F)cn2)c1. The third-order valence-corrected chi connectivity index (χ3v) is 3.58. The second kappa shape index (κ2) is 7.65. The summed E-state index contributed by atoms with van der Waals surface area (Å²) in [5, 5.41) is 9.76. The van der Waals surface area contributed by atoms with E-state index < -0.39 is 17.7 Å². The Morgan fingerprint density at radius 1 is 1.22 bits per heavy atom. The molecule has 1 amide bonds. The van der Waals surface area contributed by atoms with Crippen LogP contribution in [0.2, 0.25) is 0 Å². The Morgan fingerprint density at radius 2 is 2.04 bits per heavy atom. The van der Waals surface area contributed by atoms with Gasteiger partial charge in [-0.3, -0.25) is 9.48 Å². The number of anilines is 3. The average Bonchev–Trinajstić information content (AvgIpc) is 3.03. The number of methoxy groups -OCH3 is 1. The van der Waals surface area contributed by atoms with Gasteiger partial charge in [0.2, 0.25) is 0 Å². The fraction of sp³-hybridized carbons (Fsp3) is 0.111. The number of esters is 1. The number of nitrogens with zero attached hydrogens (tertiary/aromatic N) is 3. The van der Waals surface area contributed by atoms with Crippen molar-refractivity contribution in [2.24, 2.45) is 7.05 Å². The van der Waals surface area contributed by atoms with Crippen LogP contribution in [0.15, 0.2) is 48.8 Å². The number of ether oxygens (including phenoxy) is 1. The monoisotopic (exact) mass is 369 g/mol. The molecule has 3 aromatic rings. The van der Waals surface area contributed by atoms with E-state index in [-0.39, 0.29) is 11.5 Å². The normalized spacial score (nSPS) is 10.3. The topological polar surface area (TPSA) is 98.1 Å². The molecular formula is C18H16FN5O3. The van der Waals surface area contributed by atoms with Crippen LogP contribution in [0.3, 0.4) is 0 Å². The highest BCUT2D eigenvalue weighted by Gasteiger charge is 2.17. The lowest BCUT2D eigenvalue weighted by atomic mass is 10.2. The molecule has 0 atom stereocenters. The Morgan fingerprint density at radius 3 is 2.74 bits per heavy atom. The maximum Gasteiger partial charge on any atom is 0.337 e. The van der Waals surface area contributed by atoms with Crippen LogP contribution in [0.4, 0.5) is 21.6 Å². The van der Waals surface area contributed by atoms with Gasteiger partial charge in [0.15, 0.2) is 5.69 Å². The van der Waals surface area contributed by atoms with Crippen molar-refractivity contribution in [1.29, 1.82) is 0 Å². The van der Waals surface area contributed by atoms with Crippen molar-refractivity contribution >= 4 is 29.1 Å². The minimum Gasteiger partial charge on any atom is -0.465 e. The van der Waals surface area contributed by atoms with Crippen molar-refractivity contribution in [3.05, 3.63) is 65.9 Å². The molecule has 0 aliphatic rings. The maximum atomic E-state index is 12.9. The van der Waals surface area contributed by atoms with E-state index >= 15 is 0 Å². The first-order valence-electron chi connectivity index (χ1n) is 7.88. The third kappa shape index (κ3) is 4.27. The average molecular weight is 369 g/mol. The number of carbonyl (C=O) groups excluding carboxylic acids is 2. The summed E-state index contributed by atoms with van der Waals surface area (Å²) in [5.41, 5.74) is 1.50. The molecule has 138 valence electrons. The van der Waals surface area contributed by atoms with Gasteiger partial charge in [0, 0.05) is 18.9 Å². The van der Waals surface area contributed by atoms with Crippen LogP contribution >= 0.6 is 0 Å². The number of hydrogen-bond acceptors (Lipinski definition) is 6. The molecule has 0 spiro atoms. The lowest BCUT2D eigenvalue weighted by molar-refractivity contribution is 0.0600. The molecular weight excluding hydrogens is 353 g/mol. The van der Waals surface area contributed by atoms with E-state index in [1.165, 1.54) is 23.9 Å². The summed E-state index contributed by atoms with van der Waals surface area (Å²) in [6, 6.07) is 9.19. The number of aromatic nitrogens is 3. The molecule has 0 radical (unpaired) electrons. The van der Waals surface area contributed by atoms with Crippen molar-refractivity contribution in [3.8, 4) is 0 Å². The van der Waals surface area contributed by atoms with Crippen LogP contribution in [0.1, 0.15) is 20.8 Å². The number of pyridine rings is 1. The number of hydrogen-bond donors (Lipinski definition) is 2. The molecule has 27 heavy (non-hydrogen) atoms. The first-order valence-corrected chi connectivity index (χ1v) is 7.88. The molecule has 1 aromatic carbocycles. The summed E-state index contributed by atoms with van der Waals surface area (Å²) in [7, 11) is 2.97. The molecule has 3 rings (SSSR count). The van der Waals surface area contributed by atoms with Crippen LogP contribution in [-0.4, -0.2) is 33.8 Å². The number of benzene rings is 1. The fourth-order valence-corrected chi connectivity index (χ4v) is 2.37. The molecule has 0 unspecified atom stereocenters. The number of amides is 1. The molecule has 2 aromatic heterocycles. The minimum absolute atomic E-state index is 0.118. The summed E-state index contributed by atoms with van der Waals surface area (Å²) < 4.78 is 19.1. The molecule has 0 saturated heterocycles. The Labute approximate surface area is 154 Å². The summed E-state index contributed by atoms with van der Waals surface area (Å²) in [6.45, 7) is 0. The highest BCUT2D eigenvalue weighted by atomic mass is 19.1. The molecule has 0 aliphatic carbocycles. The predicted molar refractivity (Wildman–Crippen MR) is 96.4 cm³/mol. The van der Waals surface area contributed by atoms with Crippen LogP contribution < -0.4 is 10.6 Å². The van der Waals surface area contributed by atoms with E-state index in [4.69, 9.17) is 4.74 Å². The Hall–Kier alpha value is -3.75. The highest BCUT2D eigenvalue weighted by molar-refractivity contribution is 6.06. The highest BCUT2D eigenvalue weighted by Crippen LogP contribution is 2.22.